The summed E-state index contributed by atoms with van der Waals surface area (Å²) in [6, 6.07) is 8.50. The van der Waals surface area contributed by atoms with Gasteiger partial charge in [0.25, 0.3) is 0 Å². The quantitative estimate of drug-likeness (QED) is 0.570. The Morgan fingerprint density at radius 3 is 2.50 bits per heavy atom. The largest absolute Gasteiger partial charge is 0.350 e. The maximum atomic E-state index is 11.7. The molecule has 1 aromatic carbocycles. The van der Waals surface area contributed by atoms with Crippen LogP contribution in [0.15, 0.2) is 29.2 Å². The van der Waals surface area contributed by atoms with E-state index in [2.05, 4.69) is 41.8 Å². The van der Waals surface area contributed by atoms with E-state index in [-0.39, 0.29) is 24.4 Å². The second-order valence-corrected chi connectivity index (χ2v) is 5.84. The number of hydrogen-bond donors (Lipinski definition) is 2. The highest BCUT2D eigenvalue weighted by molar-refractivity contribution is 7.99. The molecule has 0 bridgehead atoms. The average Bonchev–Trinajstić information content (AvgIpc) is 2.40. The summed E-state index contributed by atoms with van der Waals surface area (Å²) in [6.07, 6.45) is 1.45. The first kappa shape index (κ1) is 19.3. The zero-order valence-corrected chi connectivity index (χ0v) is 14.1. The Morgan fingerprint density at radius 2 is 1.95 bits per heavy atom. The van der Waals surface area contributed by atoms with Gasteiger partial charge in [0.2, 0.25) is 5.91 Å². The standard InChI is InChI=1S/C15H24N2OS.ClH/c1-4-19-14-9-7-13(8-10-14)12(2)17-15(18)6-5-11-16-3;/h7-10,12,16H,4-6,11H2,1-3H3,(H,17,18);1H. The number of carbonyl (C=O) groups excluding carboxylic acids is 1. The highest BCUT2D eigenvalue weighted by Gasteiger charge is 2.09. The lowest BCUT2D eigenvalue weighted by atomic mass is 10.1. The molecule has 0 saturated carbocycles. The van der Waals surface area contributed by atoms with Gasteiger partial charge in [0, 0.05) is 11.3 Å². The molecule has 1 amide bonds. The molecular weight excluding hydrogens is 292 g/mol. The van der Waals surface area contributed by atoms with Gasteiger partial charge in [0.05, 0.1) is 6.04 Å². The summed E-state index contributed by atoms with van der Waals surface area (Å²) in [6.45, 7) is 5.05. The molecule has 0 saturated heterocycles. The monoisotopic (exact) mass is 316 g/mol. The van der Waals surface area contributed by atoms with E-state index >= 15 is 0 Å². The van der Waals surface area contributed by atoms with Crippen molar-refractivity contribution in [1.29, 1.82) is 0 Å². The maximum absolute atomic E-state index is 11.7. The Morgan fingerprint density at radius 1 is 1.30 bits per heavy atom. The van der Waals surface area contributed by atoms with Crippen molar-refractivity contribution >= 4 is 30.1 Å². The van der Waals surface area contributed by atoms with Gasteiger partial charge in [-0.05, 0) is 50.4 Å². The van der Waals surface area contributed by atoms with Crippen LogP contribution in [0.3, 0.4) is 0 Å². The van der Waals surface area contributed by atoms with Crippen molar-refractivity contribution < 1.29 is 4.79 Å². The second kappa shape index (κ2) is 11.0. The molecule has 0 aliphatic rings. The third-order valence-corrected chi connectivity index (χ3v) is 3.79. The second-order valence-electron chi connectivity index (χ2n) is 4.50. The van der Waals surface area contributed by atoms with Gasteiger partial charge in [-0.25, -0.2) is 0 Å². The van der Waals surface area contributed by atoms with Crippen molar-refractivity contribution in [2.75, 3.05) is 19.3 Å². The van der Waals surface area contributed by atoms with Gasteiger partial charge in [0.1, 0.15) is 0 Å². The molecular formula is C15H25ClN2OS. The first-order chi connectivity index (χ1) is 9.17. The Labute approximate surface area is 132 Å². The topological polar surface area (TPSA) is 41.1 Å². The van der Waals surface area contributed by atoms with Crippen molar-refractivity contribution in [3.05, 3.63) is 29.8 Å². The molecule has 2 N–H and O–H groups in total. The third kappa shape index (κ3) is 7.17. The summed E-state index contributed by atoms with van der Waals surface area (Å²) < 4.78 is 0. The molecule has 0 aromatic heterocycles. The minimum atomic E-state index is 0. The number of carbonyl (C=O) groups is 1. The zero-order chi connectivity index (χ0) is 14.1. The molecule has 5 heteroatoms. The van der Waals surface area contributed by atoms with E-state index < -0.39 is 0 Å². The van der Waals surface area contributed by atoms with Crippen LogP contribution in [-0.4, -0.2) is 25.3 Å². The summed E-state index contributed by atoms with van der Waals surface area (Å²) in [7, 11) is 1.90. The van der Waals surface area contributed by atoms with E-state index in [0.29, 0.717) is 6.42 Å². The molecule has 3 nitrogen and oxygen atoms in total. The highest BCUT2D eigenvalue weighted by atomic mass is 35.5. The number of halogens is 1. The van der Waals surface area contributed by atoms with Crippen LogP contribution in [0.25, 0.3) is 0 Å². The van der Waals surface area contributed by atoms with E-state index in [0.717, 1.165) is 24.3 Å². The van der Waals surface area contributed by atoms with Crippen molar-refractivity contribution in [2.24, 2.45) is 0 Å². The van der Waals surface area contributed by atoms with Crippen molar-refractivity contribution in [3.63, 3.8) is 0 Å². The number of nitrogens with one attached hydrogen (secondary N) is 2. The van der Waals surface area contributed by atoms with Crippen LogP contribution in [0, 0.1) is 0 Å². The van der Waals surface area contributed by atoms with Crippen LogP contribution in [0.5, 0.6) is 0 Å². The Bertz CT molecular complexity index is 384. The number of thioether (sulfide) groups is 1. The summed E-state index contributed by atoms with van der Waals surface area (Å²) >= 11 is 1.83. The number of amides is 1. The van der Waals surface area contributed by atoms with Crippen molar-refractivity contribution in [2.45, 2.75) is 37.6 Å². The normalized spacial score (nSPS) is 11.6. The fourth-order valence-corrected chi connectivity index (χ4v) is 2.50. The molecule has 0 fully saturated rings. The van der Waals surface area contributed by atoms with Crippen LogP contribution in [-0.2, 0) is 4.79 Å². The minimum Gasteiger partial charge on any atom is -0.350 e. The van der Waals surface area contributed by atoms with Crippen LogP contribution < -0.4 is 10.6 Å². The van der Waals surface area contributed by atoms with Gasteiger partial charge < -0.3 is 10.6 Å². The molecule has 1 unspecified atom stereocenters. The third-order valence-electron chi connectivity index (χ3n) is 2.90. The molecule has 1 rings (SSSR count). The van der Waals surface area contributed by atoms with E-state index in [1.807, 2.05) is 25.7 Å². The fraction of sp³-hybridized carbons (Fsp3) is 0.533. The molecule has 1 aromatic rings. The van der Waals surface area contributed by atoms with E-state index in [1.165, 1.54) is 4.90 Å². The summed E-state index contributed by atoms with van der Waals surface area (Å²) in [5, 5.41) is 6.08. The summed E-state index contributed by atoms with van der Waals surface area (Å²) in [4.78, 5) is 13.0. The van der Waals surface area contributed by atoms with Gasteiger partial charge in [-0.3, -0.25) is 4.79 Å². The summed E-state index contributed by atoms with van der Waals surface area (Å²) in [5.41, 5.74) is 1.16. The SMILES string of the molecule is CCSc1ccc(C(C)NC(=O)CCCNC)cc1.Cl. The van der Waals surface area contributed by atoms with Gasteiger partial charge in [-0.15, -0.1) is 24.2 Å². The molecule has 0 radical (unpaired) electrons. The van der Waals surface area contributed by atoms with Crippen LogP contribution >= 0.6 is 24.2 Å². The van der Waals surface area contributed by atoms with Crippen molar-refractivity contribution in [3.8, 4) is 0 Å². The minimum absolute atomic E-state index is 0. The number of rotatable bonds is 8. The Kier molecular flexibility index (Phi) is 10.6. The highest BCUT2D eigenvalue weighted by Crippen LogP contribution is 2.20. The zero-order valence-electron chi connectivity index (χ0n) is 12.4. The fourth-order valence-electron chi connectivity index (χ4n) is 1.84. The van der Waals surface area contributed by atoms with Gasteiger partial charge in [-0.2, -0.15) is 0 Å². The smallest absolute Gasteiger partial charge is 0.220 e. The van der Waals surface area contributed by atoms with E-state index in [4.69, 9.17) is 0 Å². The molecule has 0 spiro atoms. The lowest BCUT2D eigenvalue weighted by molar-refractivity contribution is -0.121. The molecule has 0 aliphatic carbocycles. The molecule has 0 heterocycles. The van der Waals surface area contributed by atoms with Crippen molar-refractivity contribution in [1.82, 2.24) is 10.6 Å². The predicted octanol–water partition coefficient (Wildman–Crippen LogP) is 3.40. The average molecular weight is 317 g/mol. The first-order valence-electron chi connectivity index (χ1n) is 6.84. The Hall–Kier alpha value is -0.710. The van der Waals surface area contributed by atoms with Crippen LogP contribution in [0.1, 0.15) is 38.3 Å². The lowest BCUT2D eigenvalue weighted by Gasteiger charge is -2.14. The lowest BCUT2D eigenvalue weighted by Crippen LogP contribution is -2.27. The van der Waals surface area contributed by atoms with Gasteiger partial charge >= 0.3 is 0 Å². The molecule has 114 valence electrons. The Balaban J connectivity index is 0.00000361. The van der Waals surface area contributed by atoms with Crippen LogP contribution in [0.4, 0.5) is 0 Å². The van der Waals surface area contributed by atoms with E-state index in [9.17, 15) is 4.79 Å². The molecule has 20 heavy (non-hydrogen) atoms. The summed E-state index contributed by atoms with van der Waals surface area (Å²) in [5.74, 6) is 1.20. The van der Waals surface area contributed by atoms with Gasteiger partial charge in [0.15, 0.2) is 0 Å². The molecule has 1 atom stereocenters. The predicted molar refractivity (Wildman–Crippen MR) is 89.8 cm³/mol. The van der Waals surface area contributed by atoms with Gasteiger partial charge in [-0.1, -0.05) is 19.1 Å². The number of benzene rings is 1. The molecule has 0 aliphatic heterocycles. The maximum Gasteiger partial charge on any atom is 0.220 e. The first-order valence-corrected chi connectivity index (χ1v) is 7.82. The van der Waals surface area contributed by atoms with Crippen LogP contribution in [0.2, 0.25) is 0 Å². The number of hydrogen-bond acceptors (Lipinski definition) is 3. The van der Waals surface area contributed by atoms with E-state index in [1.54, 1.807) is 0 Å².